The van der Waals surface area contributed by atoms with Gasteiger partial charge in [-0.1, -0.05) is 105 Å². The minimum atomic E-state index is -0.337. The van der Waals surface area contributed by atoms with Crippen LogP contribution >= 0.6 is 11.3 Å². The second-order valence-corrected chi connectivity index (χ2v) is 17.6. The van der Waals surface area contributed by atoms with E-state index in [1.807, 2.05) is 59.1 Å². The van der Waals surface area contributed by atoms with E-state index in [-0.39, 0.29) is 47.9 Å². The maximum atomic E-state index is 12.2. The maximum Gasteiger partial charge on any atom is 0.164 e. The van der Waals surface area contributed by atoms with Gasteiger partial charge in [0, 0.05) is 74.6 Å². The van der Waals surface area contributed by atoms with E-state index in [2.05, 4.69) is 96.1 Å². The van der Waals surface area contributed by atoms with Gasteiger partial charge in [-0.2, -0.15) is 0 Å². The second kappa shape index (κ2) is 16.6. The van der Waals surface area contributed by atoms with Gasteiger partial charge in [0.15, 0.2) is 5.78 Å². The zero-order chi connectivity index (χ0) is 38.2. The van der Waals surface area contributed by atoms with Gasteiger partial charge in [0.25, 0.3) is 0 Å². The molecule has 0 saturated carbocycles. The molecule has 53 heavy (non-hydrogen) atoms. The van der Waals surface area contributed by atoms with E-state index in [0.717, 1.165) is 60.1 Å². The van der Waals surface area contributed by atoms with Crippen LogP contribution in [0.25, 0.3) is 53.2 Å². The van der Waals surface area contributed by atoms with Crippen molar-refractivity contribution in [3.63, 3.8) is 0 Å². The van der Waals surface area contributed by atoms with Crippen LogP contribution in [0.3, 0.4) is 0 Å². The molecule has 285 valence electrons. The van der Waals surface area contributed by atoms with Gasteiger partial charge in [-0.05, 0) is 73.9 Å². The number of furan rings is 1. The number of ketones is 1. The molecule has 3 aromatic carbocycles. The van der Waals surface area contributed by atoms with E-state index in [1.54, 1.807) is 0 Å². The molecule has 4 nitrogen and oxygen atoms in total. The third kappa shape index (κ3) is 8.36. The number of hydrogen-bond donors (Lipinski definition) is 1. The zero-order valence-corrected chi connectivity index (χ0v) is 37.1. The van der Waals surface area contributed by atoms with Gasteiger partial charge in [-0.25, -0.2) is 0 Å². The Morgan fingerprint density at radius 3 is 2.15 bits per heavy atom. The smallest absolute Gasteiger partial charge is 0.164 e. The van der Waals surface area contributed by atoms with Gasteiger partial charge < -0.3 is 9.52 Å². The van der Waals surface area contributed by atoms with Gasteiger partial charge in [0.05, 0.1) is 0 Å². The van der Waals surface area contributed by atoms with Crippen molar-refractivity contribution in [1.82, 2.24) is 4.98 Å². The third-order valence-electron chi connectivity index (χ3n) is 11.6. The van der Waals surface area contributed by atoms with Gasteiger partial charge in [0.1, 0.15) is 17.1 Å². The molecule has 0 spiro atoms. The van der Waals surface area contributed by atoms with Gasteiger partial charge >= 0.3 is 0 Å². The molecule has 0 bridgehead atoms. The Labute approximate surface area is 334 Å². The second-order valence-electron chi connectivity index (χ2n) is 16.5. The topological polar surface area (TPSA) is 63.3 Å². The fraction of sp³-hybridized carbons (Fsp3) is 0.447. The van der Waals surface area contributed by atoms with E-state index in [1.165, 1.54) is 48.1 Å². The van der Waals surface area contributed by atoms with Crippen LogP contribution in [0.2, 0.25) is 0 Å². The predicted molar refractivity (Wildman–Crippen MR) is 224 cm³/mol. The average molecular weight is 909 g/mol. The van der Waals surface area contributed by atoms with E-state index in [0.29, 0.717) is 5.92 Å². The molecule has 0 unspecified atom stereocenters. The van der Waals surface area contributed by atoms with E-state index >= 15 is 0 Å². The Balaban J connectivity index is 0.000000299. The number of allylic oxidation sites excluding steroid dienone is 2. The minimum absolute atomic E-state index is 0. The summed E-state index contributed by atoms with van der Waals surface area (Å²) in [6, 6.07) is 21.1. The fourth-order valence-electron chi connectivity index (χ4n) is 7.07. The number of carbonyl (C=O) groups is 1. The number of carbonyl (C=O) groups excluding carboxylic acids is 1. The van der Waals surface area contributed by atoms with Crippen molar-refractivity contribution < 1.29 is 34.4 Å². The number of thiophene rings is 1. The van der Waals surface area contributed by atoms with Crippen LogP contribution in [0, 0.1) is 29.7 Å². The van der Waals surface area contributed by atoms with Crippen molar-refractivity contribution in [3.8, 4) is 11.3 Å². The summed E-state index contributed by atoms with van der Waals surface area (Å²) >= 11 is 1.83. The van der Waals surface area contributed by atoms with E-state index < -0.39 is 0 Å². The number of aliphatic hydroxyl groups is 1. The molecule has 0 aliphatic carbocycles. The average Bonchev–Trinajstić information content (AvgIpc) is 3.66. The molecule has 0 fully saturated rings. The van der Waals surface area contributed by atoms with Crippen LogP contribution < -0.4 is 0 Å². The zero-order valence-electron chi connectivity index (χ0n) is 33.8. The van der Waals surface area contributed by atoms with Crippen molar-refractivity contribution in [1.29, 1.82) is 0 Å². The molecule has 1 radical (unpaired) electrons. The van der Waals surface area contributed by atoms with Crippen molar-refractivity contribution in [2.24, 2.45) is 16.7 Å². The third-order valence-corrected chi connectivity index (χ3v) is 12.7. The van der Waals surface area contributed by atoms with Crippen molar-refractivity contribution in [2.45, 2.75) is 121 Å². The number of fused-ring (bicyclic) bond motifs is 6. The van der Waals surface area contributed by atoms with Crippen LogP contribution in [0.15, 0.2) is 71.0 Å². The molecule has 0 aliphatic heterocycles. The van der Waals surface area contributed by atoms with Crippen molar-refractivity contribution in [3.05, 3.63) is 89.5 Å². The number of aryl methyl sites for hydroxylation is 1. The quantitative estimate of drug-likeness (QED) is 0.0845. The minimum Gasteiger partial charge on any atom is -0.512 e. The van der Waals surface area contributed by atoms with Gasteiger partial charge in [0.2, 0.25) is 0 Å². The molecule has 3 heterocycles. The largest absolute Gasteiger partial charge is 0.512 e. The molecule has 3 aromatic heterocycles. The Morgan fingerprint density at radius 1 is 0.906 bits per heavy atom. The summed E-state index contributed by atoms with van der Waals surface area (Å²) in [6.45, 7) is 25.6. The monoisotopic (exact) mass is 909 g/mol. The van der Waals surface area contributed by atoms with Crippen LogP contribution in [0.5, 0.6) is 0 Å². The molecule has 0 amide bonds. The molecule has 6 heteroatoms. The predicted octanol–water partition coefficient (Wildman–Crippen LogP) is 14.3. The molecule has 1 N–H and O–H groups in total. The normalized spacial score (nSPS) is 12.8. The fourth-order valence-corrected chi connectivity index (χ4v) is 8.28. The molecule has 6 rings (SSSR count). The Morgan fingerprint density at radius 2 is 1.55 bits per heavy atom. The number of rotatable bonds is 10. The summed E-state index contributed by atoms with van der Waals surface area (Å²) in [7, 11) is 0. The summed E-state index contributed by atoms with van der Waals surface area (Å²) in [5.41, 5.74) is 5.14. The standard InChI is InChI=1S/C32H30NOS.C15H28O2.Ir/c1-18(2)15-24-19(3)34-26-11-12-27-29(28(24)26)23-13-14-33-30(31(23)35-27)21-16-20-9-7-8-10-22(20)25(17-21)32(4,5)6;1-7-14(5,8-2)12(16)11-13(17)15(6,9-3)10-4;/h7-14,17-18H,15H2,1-6H3;11,16H,7-10H2,1-6H3;/q-1;;/b;12-11-;. The first kappa shape index (κ1) is 42.4. The SMILES string of the molecule is CCC(C)(CC)C(=O)/C=C(\O)C(C)(CC)CC.Cc1oc2ccc3sc4c(-c5[c-]c6ccccc6c(C(C)(C)C)c5)nccc4c3c2c1CC(C)C.[Ir]. The van der Waals surface area contributed by atoms with Crippen LogP contribution in [0.4, 0.5) is 0 Å². The number of aliphatic hydroxyl groups excluding tert-OH is 1. The van der Waals surface area contributed by atoms with E-state index in [9.17, 15) is 9.90 Å². The van der Waals surface area contributed by atoms with Gasteiger partial charge in [-0.15, -0.1) is 40.5 Å². The van der Waals surface area contributed by atoms with Crippen molar-refractivity contribution in [2.75, 3.05) is 0 Å². The van der Waals surface area contributed by atoms with Gasteiger partial charge in [-0.3, -0.25) is 9.78 Å². The summed E-state index contributed by atoms with van der Waals surface area (Å²) in [6.07, 6.45) is 7.72. The first-order valence-corrected chi connectivity index (χ1v) is 20.0. The van der Waals surface area contributed by atoms with Crippen LogP contribution in [-0.4, -0.2) is 15.9 Å². The molecule has 0 saturated heterocycles. The van der Waals surface area contributed by atoms with Crippen LogP contribution in [0.1, 0.15) is 119 Å². The maximum absolute atomic E-state index is 12.2. The van der Waals surface area contributed by atoms with E-state index in [4.69, 9.17) is 9.40 Å². The first-order valence-electron chi connectivity index (χ1n) is 19.1. The number of nitrogens with zero attached hydrogens (tertiary/aromatic N) is 1. The molecule has 0 atom stereocenters. The first-order chi connectivity index (χ1) is 24.5. The Hall–Kier alpha value is -3.31. The molecule has 6 aromatic rings. The number of hydrogen-bond acceptors (Lipinski definition) is 5. The van der Waals surface area contributed by atoms with Crippen LogP contribution in [-0.2, 0) is 36.7 Å². The summed E-state index contributed by atoms with van der Waals surface area (Å²) in [5, 5.41) is 16.4. The number of aromatic nitrogens is 1. The number of pyridine rings is 1. The molecular formula is C47H58IrNO3S-. The summed E-state index contributed by atoms with van der Waals surface area (Å²) in [5.74, 6) is 1.89. The molecule has 0 aliphatic rings. The summed E-state index contributed by atoms with van der Waals surface area (Å²) < 4.78 is 8.73. The number of benzene rings is 3. The summed E-state index contributed by atoms with van der Waals surface area (Å²) in [4.78, 5) is 17.1. The molecular weight excluding hydrogens is 851 g/mol. The van der Waals surface area contributed by atoms with Crippen molar-refractivity contribution >= 4 is 59.0 Å². The Bertz CT molecular complexity index is 2260. The Kier molecular flexibility index (Phi) is 13.3.